The Hall–Kier alpha value is -0.890. The normalized spacial score (nSPS) is 14.9. The minimum Gasteiger partial charge on any atom is -0.324 e. The van der Waals surface area contributed by atoms with E-state index in [1.807, 2.05) is 0 Å². The first kappa shape index (κ1) is 12.2. The average molecular weight is 209 g/mol. The maximum atomic E-state index is 12.7. The van der Waals surface area contributed by atoms with Crippen molar-refractivity contribution in [1.29, 1.82) is 0 Å². The summed E-state index contributed by atoms with van der Waals surface area (Å²) in [6.07, 6.45) is 3.37. The summed E-state index contributed by atoms with van der Waals surface area (Å²) in [7, 11) is 0. The summed E-state index contributed by atoms with van der Waals surface area (Å²) in [5.74, 6) is 0.433. The van der Waals surface area contributed by atoms with Gasteiger partial charge in [0.25, 0.3) is 0 Å². The lowest BCUT2D eigenvalue weighted by Gasteiger charge is -2.16. The van der Waals surface area contributed by atoms with E-state index >= 15 is 0 Å². The van der Waals surface area contributed by atoms with Gasteiger partial charge in [-0.1, -0.05) is 38.8 Å². The molecule has 0 bridgehead atoms. The van der Waals surface area contributed by atoms with E-state index in [9.17, 15) is 4.39 Å². The van der Waals surface area contributed by atoms with Crippen molar-refractivity contribution in [3.8, 4) is 0 Å². The smallest absolute Gasteiger partial charge is 0.123 e. The van der Waals surface area contributed by atoms with Gasteiger partial charge in [-0.3, -0.25) is 0 Å². The maximum Gasteiger partial charge on any atom is 0.123 e. The van der Waals surface area contributed by atoms with E-state index in [0.29, 0.717) is 5.92 Å². The van der Waals surface area contributed by atoms with E-state index < -0.39 is 0 Å². The summed E-state index contributed by atoms with van der Waals surface area (Å²) in [6.45, 7) is 4.40. The molecule has 0 aliphatic carbocycles. The lowest BCUT2D eigenvalue weighted by atomic mass is 9.94. The summed E-state index contributed by atoms with van der Waals surface area (Å²) in [5, 5.41) is 0. The van der Waals surface area contributed by atoms with Crippen LogP contribution >= 0.6 is 0 Å². The van der Waals surface area contributed by atoms with Gasteiger partial charge in [-0.25, -0.2) is 4.39 Å². The van der Waals surface area contributed by atoms with Gasteiger partial charge < -0.3 is 5.73 Å². The molecule has 0 heterocycles. The molecule has 2 N–H and O–H groups in total. The van der Waals surface area contributed by atoms with Gasteiger partial charge in [0, 0.05) is 6.04 Å². The zero-order valence-electron chi connectivity index (χ0n) is 9.54. The van der Waals surface area contributed by atoms with Crippen LogP contribution < -0.4 is 5.73 Å². The largest absolute Gasteiger partial charge is 0.324 e. The van der Waals surface area contributed by atoms with Crippen LogP contribution in [0.25, 0.3) is 0 Å². The quantitative estimate of drug-likeness (QED) is 0.787. The summed E-state index contributed by atoms with van der Waals surface area (Å²) >= 11 is 0. The second-order valence-corrected chi connectivity index (χ2v) is 4.29. The highest BCUT2D eigenvalue weighted by Crippen LogP contribution is 2.21. The van der Waals surface area contributed by atoms with Crippen LogP contribution in [0.2, 0.25) is 0 Å². The maximum absolute atomic E-state index is 12.7. The van der Waals surface area contributed by atoms with E-state index in [2.05, 4.69) is 13.8 Å². The predicted molar refractivity (Wildman–Crippen MR) is 62.0 cm³/mol. The molecule has 0 radical (unpaired) electrons. The molecule has 2 unspecified atom stereocenters. The number of rotatable bonds is 5. The Morgan fingerprint density at radius 3 is 2.40 bits per heavy atom. The molecule has 0 saturated carbocycles. The Labute approximate surface area is 91.5 Å². The third kappa shape index (κ3) is 4.00. The Morgan fingerprint density at radius 2 is 1.87 bits per heavy atom. The minimum absolute atomic E-state index is 0.0344. The lowest BCUT2D eigenvalue weighted by molar-refractivity contribution is 0.440. The van der Waals surface area contributed by atoms with Crippen molar-refractivity contribution >= 4 is 0 Å². The van der Waals surface area contributed by atoms with Gasteiger partial charge in [0.1, 0.15) is 5.82 Å². The molecule has 0 aromatic heterocycles. The van der Waals surface area contributed by atoms with E-state index in [0.717, 1.165) is 12.0 Å². The molecule has 2 atom stereocenters. The molecule has 0 spiro atoms. The summed E-state index contributed by atoms with van der Waals surface area (Å²) in [6, 6.07) is 6.53. The van der Waals surface area contributed by atoms with Gasteiger partial charge in [0.05, 0.1) is 0 Å². The fourth-order valence-corrected chi connectivity index (χ4v) is 1.89. The average Bonchev–Trinajstić information content (AvgIpc) is 2.18. The van der Waals surface area contributed by atoms with Crippen LogP contribution in [-0.4, -0.2) is 0 Å². The van der Waals surface area contributed by atoms with Crippen molar-refractivity contribution in [2.45, 2.75) is 39.2 Å². The van der Waals surface area contributed by atoms with Gasteiger partial charge in [-0.15, -0.1) is 0 Å². The first-order chi connectivity index (χ1) is 7.13. The predicted octanol–water partition coefficient (Wildman–Crippen LogP) is 3.65. The zero-order chi connectivity index (χ0) is 11.3. The molecule has 1 aromatic carbocycles. The van der Waals surface area contributed by atoms with Crippen molar-refractivity contribution in [2.75, 3.05) is 0 Å². The van der Waals surface area contributed by atoms with Crippen LogP contribution in [0.1, 0.15) is 44.7 Å². The molecule has 1 nitrogen and oxygen atoms in total. The summed E-state index contributed by atoms with van der Waals surface area (Å²) < 4.78 is 12.7. The fourth-order valence-electron chi connectivity index (χ4n) is 1.89. The number of halogens is 1. The van der Waals surface area contributed by atoms with E-state index in [-0.39, 0.29) is 11.9 Å². The van der Waals surface area contributed by atoms with Gasteiger partial charge >= 0.3 is 0 Å². The van der Waals surface area contributed by atoms with Gasteiger partial charge in [-0.05, 0) is 30.0 Å². The van der Waals surface area contributed by atoms with Crippen molar-refractivity contribution in [1.82, 2.24) is 0 Å². The second-order valence-electron chi connectivity index (χ2n) is 4.29. The molecular formula is C13H20FN. The van der Waals surface area contributed by atoms with Crippen LogP contribution in [-0.2, 0) is 0 Å². The van der Waals surface area contributed by atoms with Crippen molar-refractivity contribution in [3.63, 3.8) is 0 Å². The highest BCUT2D eigenvalue weighted by atomic mass is 19.1. The first-order valence-electron chi connectivity index (χ1n) is 5.64. The highest BCUT2D eigenvalue weighted by molar-refractivity contribution is 5.19. The van der Waals surface area contributed by atoms with Crippen LogP contribution in [0, 0.1) is 11.7 Å². The number of hydrogen-bond donors (Lipinski definition) is 1. The SMILES string of the molecule is CCCC(C)CC(N)c1ccc(F)cc1. The van der Waals surface area contributed by atoms with Crippen molar-refractivity contribution < 1.29 is 4.39 Å². The summed E-state index contributed by atoms with van der Waals surface area (Å²) in [4.78, 5) is 0. The molecule has 0 aliphatic heterocycles. The van der Waals surface area contributed by atoms with Gasteiger partial charge in [0.15, 0.2) is 0 Å². The lowest BCUT2D eigenvalue weighted by Crippen LogP contribution is -2.14. The number of benzene rings is 1. The van der Waals surface area contributed by atoms with Crippen LogP contribution in [0.5, 0.6) is 0 Å². The number of nitrogens with two attached hydrogens (primary N) is 1. The molecule has 0 aliphatic rings. The molecule has 15 heavy (non-hydrogen) atoms. The van der Waals surface area contributed by atoms with Crippen molar-refractivity contribution in [3.05, 3.63) is 35.6 Å². The fraction of sp³-hybridized carbons (Fsp3) is 0.538. The molecular weight excluding hydrogens is 189 g/mol. The zero-order valence-corrected chi connectivity index (χ0v) is 9.54. The second kappa shape index (κ2) is 5.86. The van der Waals surface area contributed by atoms with E-state index in [4.69, 9.17) is 5.73 Å². The Kier molecular flexibility index (Phi) is 4.76. The summed E-state index contributed by atoms with van der Waals surface area (Å²) in [5.41, 5.74) is 7.08. The molecule has 1 aromatic rings. The molecule has 84 valence electrons. The molecule has 0 fully saturated rings. The van der Waals surface area contributed by atoms with Gasteiger partial charge in [0.2, 0.25) is 0 Å². The minimum atomic E-state index is -0.201. The Balaban J connectivity index is 2.53. The van der Waals surface area contributed by atoms with E-state index in [1.54, 1.807) is 12.1 Å². The first-order valence-corrected chi connectivity index (χ1v) is 5.64. The molecule has 2 heteroatoms. The molecule has 1 rings (SSSR count). The molecule has 0 saturated heterocycles. The van der Waals surface area contributed by atoms with Crippen LogP contribution in [0.4, 0.5) is 4.39 Å². The van der Waals surface area contributed by atoms with Crippen molar-refractivity contribution in [2.24, 2.45) is 11.7 Å². The van der Waals surface area contributed by atoms with Crippen LogP contribution in [0.15, 0.2) is 24.3 Å². The Morgan fingerprint density at radius 1 is 1.27 bits per heavy atom. The molecule has 0 amide bonds. The van der Waals surface area contributed by atoms with E-state index in [1.165, 1.54) is 25.0 Å². The van der Waals surface area contributed by atoms with Crippen LogP contribution in [0.3, 0.4) is 0 Å². The third-order valence-electron chi connectivity index (χ3n) is 2.74. The Bertz CT molecular complexity index is 281. The highest BCUT2D eigenvalue weighted by Gasteiger charge is 2.10. The topological polar surface area (TPSA) is 26.0 Å². The standard InChI is InChI=1S/C13H20FN/c1-3-4-10(2)9-13(15)11-5-7-12(14)8-6-11/h5-8,10,13H,3-4,9,15H2,1-2H3. The van der Waals surface area contributed by atoms with Gasteiger partial charge in [-0.2, -0.15) is 0 Å². The number of hydrogen-bond acceptors (Lipinski definition) is 1. The third-order valence-corrected chi connectivity index (χ3v) is 2.74. The monoisotopic (exact) mass is 209 g/mol.